The number of hydrogen-bond donors (Lipinski definition) is 1. The molecule has 0 saturated heterocycles. The van der Waals surface area contributed by atoms with Crippen molar-refractivity contribution in [2.24, 2.45) is 5.41 Å². The lowest BCUT2D eigenvalue weighted by Crippen LogP contribution is -2.11. The number of aryl methyl sites for hydroxylation is 1. The quantitative estimate of drug-likeness (QED) is 0.831. The summed E-state index contributed by atoms with van der Waals surface area (Å²) in [4.78, 5) is 10.8. The van der Waals surface area contributed by atoms with Crippen LogP contribution in [0.15, 0.2) is 5.03 Å². The molecule has 0 aromatic carbocycles. The molecular formula is C13H15N3O2S. The Morgan fingerprint density at radius 1 is 1.47 bits per heavy atom. The van der Waals surface area contributed by atoms with Gasteiger partial charge in [0.05, 0.1) is 17.7 Å². The average molecular weight is 277 g/mol. The summed E-state index contributed by atoms with van der Waals surface area (Å²) in [6.45, 7) is 3.68. The lowest BCUT2D eigenvalue weighted by Gasteiger charge is -2.12. The van der Waals surface area contributed by atoms with Crippen molar-refractivity contribution in [3.8, 4) is 6.07 Å². The molecule has 0 unspecified atom stereocenters. The molecule has 0 bridgehead atoms. The molecule has 0 spiro atoms. The first-order chi connectivity index (χ1) is 8.97. The van der Waals surface area contributed by atoms with Crippen LogP contribution in [-0.4, -0.2) is 27.0 Å². The van der Waals surface area contributed by atoms with E-state index < -0.39 is 5.97 Å². The number of rotatable bonds is 5. The van der Waals surface area contributed by atoms with Crippen LogP contribution in [-0.2, 0) is 4.79 Å². The number of carboxylic acids is 1. The number of thioether (sulfide) groups is 1. The number of carbonyl (C=O) groups is 1. The van der Waals surface area contributed by atoms with E-state index in [-0.39, 0.29) is 11.8 Å². The summed E-state index contributed by atoms with van der Waals surface area (Å²) in [6, 6.07) is 2.16. The van der Waals surface area contributed by atoms with Crippen LogP contribution in [0.2, 0.25) is 0 Å². The largest absolute Gasteiger partial charge is 0.481 e. The van der Waals surface area contributed by atoms with Gasteiger partial charge in [-0.15, -0.1) is 16.9 Å². The lowest BCUT2D eigenvalue weighted by atomic mass is 10.1. The molecule has 6 heteroatoms. The Kier molecular flexibility index (Phi) is 3.76. The molecule has 1 heterocycles. The van der Waals surface area contributed by atoms with Gasteiger partial charge in [0.2, 0.25) is 0 Å². The number of aliphatic carboxylic acids is 1. The monoisotopic (exact) mass is 277 g/mol. The highest BCUT2D eigenvalue weighted by Gasteiger charge is 2.44. The fraction of sp³-hybridized carbons (Fsp3) is 0.538. The predicted octanol–water partition coefficient (Wildman–Crippen LogP) is 2.31. The third-order valence-corrected chi connectivity index (χ3v) is 4.85. The van der Waals surface area contributed by atoms with Gasteiger partial charge in [0, 0.05) is 5.75 Å². The summed E-state index contributed by atoms with van der Waals surface area (Å²) >= 11 is 1.45. The molecule has 5 nitrogen and oxygen atoms in total. The maximum Gasteiger partial charge on any atom is 0.303 e. The molecule has 1 saturated carbocycles. The molecule has 1 aliphatic carbocycles. The van der Waals surface area contributed by atoms with Gasteiger partial charge in [-0.05, 0) is 37.7 Å². The van der Waals surface area contributed by atoms with Gasteiger partial charge in [0.15, 0.2) is 0 Å². The van der Waals surface area contributed by atoms with Crippen LogP contribution < -0.4 is 0 Å². The van der Waals surface area contributed by atoms with E-state index in [9.17, 15) is 10.1 Å². The Bertz CT molecular complexity index is 562. The second kappa shape index (κ2) is 5.17. The van der Waals surface area contributed by atoms with Gasteiger partial charge in [0.1, 0.15) is 11.1 Å². The Morgan fingerprint density at radius 2 is 2.16 bits per heavy atom. The maximum atomic E-state index is 10.8. The molecule has 0 atom stereocenters. The minimum absolute atomic E-state index is 0.107. The summed E-state index contributed by atoms with van der Waals surface area (Å²) in [6.07, 6.45) is 2.07. The van der Waals surface area contributed by atoms with Crippen molar-refractivity contribution in [2.45, 2.75) is 38.1 Å². The summed E-state index contributed by atoms with van der Waals surface area (Å²) < 4.78 is 0. The van der Waals surface area contributed by atoms with Crippen molar-refractivity contribution in [2.75, 3.05) is 5.75 Å². The van der Waals surface area contributed by atoms with E-state index in [1.54, 1.807) is 0 Å². The maximum absolute atomic E-state index is 10.8. The third kappa shape index (κ3) is 3.04. The minimum atomic E-state index is -0.759. The molecule has 2 rings (SSSR count). The first-order valence-electron chi connectivity index (χ1n) is 6.06. The molecule has 1 N–H and O–H groups in total. The zero-order chi connectivity index (χ0) is 14.0. The Labute approximate surface area is 116 Å². The van der Waals surface area contributed by atoms with Gasteiger partial charge in [-0.3, -0.25) is 4.79 Å². The zero-order valence-corrected chi connectivity index (χ0v) is 11.8. The highest BCUT2D eigenvalue weighted by atomic mass is 32.2. The summed E-state index contributed by atoms with van der Waals surface area (Å²) in [5, 5.41) is 26.8. The second-order valence-electron chi connectivity index (χ2n) is 5.06. The van der Waals surface area contributed by atoms with E-state index in [2.05, 4.69) is 16.3 Å². The van der Waals surface area contributed by atoms with E-state index in [0.717, 1.165) is 24.1 Å². The number of aromatic nitrogens is 2. The normalized spacial score (nSPS) is 15.8. The first kappa shape index (κ1) is 13.8. The van der Waals surface area contributed by atoms with Gasteiger partial charge in [0.25, 0.3) is 0 Å². The number of hydrogen-bond acceptors (Lipinski definition) is 5. The van der Waals surface area contributed by atoms with Gasteiger partial charge in [-0.1, -0.05) is 0 Å². The zero-order valence-electron chi connectivity index (χ0n) is 10.9. The summed E-state index contributed by atoms with van der Waals surface area (Å²) in [5.74, 6) is -0.0738. The van der Waals surface area contributed by atoms with Crippen molar-refractivity contribution < 1.29 is 9.90 Å². The first-order valence-corrected chi connectivity index (χ1v) is 7.04. The van der Waals surface area contributed by atoms with Crippen LogP contribution in [0.1, 0.15) is 36.1 Å². The van der Waals surface area contributed by atoms with Gasteiger partial charge < -0.3 is 5.11 Å². The standard InChI is InChI=1S/C13H15N3O2S/c1-8-9(2)15-16-12(10(8)6-14)19-7-13(3-4-13)5-11(17)18/h3-5,7H2,1-2H3,(H,17,18). The van der Waals surface area contributed by atoms with Crippen LogP contribution in [0.4, 0.5) is 0 Å². The fourth-order valence-electron chi connectivity index (χ4n) is 1.91. The van der Waals surface area contributed by atoms with Gasteiger partial charge in [-0.25, -0.2) is 0 Å². The molecule has 0 aliphatic heterocycles. The number of carboxylic acid groups (broad SMARTS) is 1. The van der Waals surface area contributed by atoms with Gasteiger partial charge in [-0.2, -0.15) is 10.4 Å². The average Bonchev–Trinajstić information content (AvgIpc) is 3.10. The number of nitrogens with zero attached hydrogens (tertiary/aromatic N) is 3. The molecule has 0 radical (unpaired) electrons. The van der Waals surface area contributed by atoms with E-state index in [1.165, 1.54) is 11.8 Å². The van der Waals surface area contributed by atoms with Crippen LogP contribution in [0, 0.1) is 30.6 Å². The Hall–Kier alpha value is -1.61. The molecule has 0 amide bonds. The Balaban J connectivity index is 2.11. The van der Waals surface area contributed by atoms with E-state index in [4.69, 9.17) is 5.11 Å². The number of nitriles is 1. The molecule has 1 aromatic rings. The highest BCUT2D eigenvalue weighted by molar-refractivity contribution is 7.99. The Morgan fingerprint density at radius 3 is 2.68 bits per heavy atom. The highest BCUT2D eigenvalue weighted by Crippen LogP contribution is 2.52. The van der Waals surface area contributed by atoms with Crippen LogP contribution in [0.25, 0.3) is 0 Å². The molecular weight excluding hydrogens is 262 g/mol. The van der Waals surface area contributed by atoms with Crippen molar-refractivity contribution in [3.63, 3.8) is 0 Å². The van der Waals surface area contributed by atoms with Crippen molar-refractivity contribution in [1.29, 1.82) is 5.26 Å². The van der Waals surface area contributed by atoms with Crippen LogP contribution >= 0.6 is 11.8 Å². The summed E-state index contributed by atoms with van der Waals surface area (Å²) in [5.41, 5.74) is 2.06. The van der Waals surface area contributed by atoms with Crippen molar-refractivity contribution in [3.05, 3.63) is 16.8 Å². The third-order valence-electron chi connectivity index (χ3n) is 3.53. The van der Waals surface area contributed by atoms with E-state index in [1.807, 2.05) is 13.8 Å². The smallest absolute Gasteiger partial charge is 0.303 e. The second-order valence-corrected chi connectivity index (χ2v) is 6.03. The van der Waals surface area contributed by atoms with Crippen molar-refractivity contribution >= 4 is 17.7 Å². The predicted molar refractivity (Wildman–Crippen MR) is 70.9 cm³/mol. The SMILES string of the molecule is Cc1nnc(SCC2(CC(=O)O)CC2)c(C#N)c1C. The van der Waals surface area contributed by atoms with Crippen molar-refractivity contribution in [1.82, 2.24) is 10.2 Å². The summed E-state index contributed by atoms with van der Waals surface area (Å²) in [7, 11) is 0. The topological polar surface area (TPSA) is 86.9 Å². The fourth-order valence-corrected chi connectivity index (χ4v) is 3.19. The van der Waals surface area contributed by atoms with Crippen LogP contribution in [0.3, 0.4) is 0 Å². The van der Waals surface area contributed by atoms with Gasteiger partial charge >= 0.3 is 5.97 Å². The molecule has 1 aliphatic rings. The van der Waals surface area contributed by atoms with E-state index >= 15 is 0 Å². The lowest BCUT2D eigenvalue weighted by molar-refractivity contribution is -0.138. The van der Waals surface area contributed by atoms with Crippen LogP contribution in [0.5, 0.6) is 0 Å². The molecule has 100 valence electrons. The molecule has 19 heavy (non-hydrogen) atoms. The molecule has 1 aromatic heterocycles. The molecule has 1 fully saturated rings. The minimum Gasteiger partial charge on any atom is -0.481 e. The van der Waals surface area contributed by atoms with E-state index in [0.29, 0.717) is 16.3 Å².